The van der Waals surface area contributed by atoms with E-state index in [-0.39, 0.29) is 0 Å². The summed E-state index contributed by atoms with van der Waals surface area (Å²) in [7, 11) is 4.27. The fourth-order valence-corrected chi connectivity index (χ4v) is 2.44. The highest BCUT2D eigenvalue weighted by atomic mass is 15.2. The molecule has 0 radical (unpaired) electrons. The van der Waals surface area contributed by atoms with Crippen molar-refractivity contribution in [1.29, 1.82) is 0 Å². The first-order valence-electron chi connectivity index (χ1n) is 7.17. The lowest BCUT2D eigenvalue weighted by Crippen LogP contribution is -2.44. The number of benzene rings is 2. The number of hydrogen-bond acceptors (Lipinski definition) is 2. The van der Waals surface area contributed by atoms with Gasteiger partial charge in [-0.05, 0) is 52.2 Å². The predicted molar refractivity (Wildman–Crippen MR) is 87.6 cm³/mol. The van der Waals surface area contributed by atoms with Gasteiger partial charge in [0.25, 0.3) is 0 Å². The van der Waals surface area contributed by atoms with Gasteiger partial charge in [-0.2, -0.15) is 0 Å². The lowest BCUT2D eigenvalue weighted by atomic mass is 10.1. The maximum atomic E-state index is 2.41. The van der Waals surface area contributed by atoms with E-state index in [0.717, 1.165) is 0 Å². The Kier molecular flexibility index (Phi) is 4.80. The fraction of sp³-hybridized carbons (Fsp3) is 0.333. The molecule has 2 atom stereocenters. The average molecular weight is 268 g/mol. The number of nitrogens with zero attached hydrogens (tertiary/aromatic N) is 2. The van der Waals surface area contributed by atoms with E-state index < -0.39 is 0 Å². The minimum absolute atomic E-state index is 0.384. The van der Waals surface area contributed by atoms with E-state index in [1.54, 1.807) is 0 Å². The highest BCUT2D eigenvalue weighted by Crippen LogP contribution is 2.29. The minimum Gasteiger partial charge on any atom is -0.337 e. The third-order valence-electron chi connectivity index (χ3n) is 3.99. The van der Waals surface area contributed by atoms with Crippen molar-refractivity contribution in [2.45, 2.75) is 25.9 Å². The van der Waals surface area contributed by atoms with Crippen LogP contribution in [0.5, 0.6) is 0 Å². The van der Waals surface area contributed by atoms with E-state index in [4.69, 9.17) is 0 Å². The lowest BCUT2D eigenvalue weighted by molar-refractivity contribution is 0.280. The molecular formula is C18H24N2. The first-order chi connectivity index (χ1) is 9.61. The lowest BCUT2D eigenvalue weighted by Gasteiger charge is -2.37. The van der Waals surface area contributed by atoms with Crippen LogP contribution in [0.2, 0.25) is 0 Å². The van der Waals surface area contributed by atoms with Crippen LogP contribution in [0.1, 0.15) is 13.8 Å². The van der Waals surface area contributed by atoms with Crippen molar-refractivity contribution in [2.24, 2.45) is 0 Å². The highest BCUT2D eigenvalue weighted by Gasteiger charge is 2.23. The normalized spacial score (nSPS) is 14.1. The summed E-state index contributed by atoms with van der Waals surface area (Å²) in [4.78, 5) is 4.67. The number of hydrogen-bond donors (Lipinski definition) is 0. The second-order valence-corrected chi connectivity index (χ2v) is 5.49. The van der Waals surface area contributed by atoms with Crippen molar-refractivity contribution >= 4 is 11.4 Å². The van der Waals surface area contributed by atoms with Crippen LogP contribution in [0.4, 0.5) is 11.4 Å². The van der Waals surface area contributed by atoms with Gasteiger partial charge in [-0.25, -0.2) is 0 Å². The molecule has 2 aromatic rings. The summed E-state index contributed by atoms with van der Waals surface area (Å²) in [6.45, 7) is 4.55. The standard InChI is InChI=1S/C18H24N2/c1-15(19(3)4)16(2)20(17-11-7-5-8-12-17)18-13-9-6-10-14-18/h5-16H,1-4H3. The molecule has 106 valence electrons. The summed E-state index contributed by atoms with van der Waals surface area (Å²) in [5.74, 6) is 0. The second-order valence-electron chi connectivity index (χ2n) is 5.49. The topological polar surface area (TPSA) is 6.48 Å². The number of likely N-dealkylation sites (N-methyl/N-ethyl adjacent to an activating group) is 1. The zero-order chi connectivity index (χ0) is 14.5. The second kappa shape index (κ2) is 6.58. The molecule has 0 saturated carbocycles. The van der Waals surface area contributed by atoms with Gasteiger partial charge in [-0.1, -0.05) is 36.4 Å². The summed E-state index contributed by atoms with van der Waals surface area (Å²) in [6, 6.07) is 22.0. The Morgan fingerprint density at radius 3 is 1.40 bits per heavy atom. The van der Waals surface area contributed by atoms with Gasteiger partial charge in [0.1, 0.15) is 0 Å². The van der Waals surface area contributed by atoms with Crippen LogP contribution in [0.25, 0.3) is 0 Å². The molecule has 0 heterocycles. The Balaban J connectivity index is 2.40. The maximum Gasteiger partial charge on any atom is 0.0466 e. The smallest absolute Gasteiger partial charge is 0.0466 e. The SMILES string of the molecule is CC(C(C)N(c1ccccc1)c1ccccc1)N(C)C. The van der Waals surface area contributed by atoms with Crippen LogP contribution in [-0.4, -0.2) is 31.1 Å². The first-order valence-corrected chi connectivity index (χ1v) is 7.17. The van der Waals surface area contributed by atoms with E-state index in [9.17, 15) is 0 Å². The monoisotopic (exact) mass is 268 g/mol. The van der Waals surface area contributed by atoms with Crippen molar-refractivity contribution in [3.05, 3.63) is 60.7 Å². The molecule has 0 saturated heterocycles. The van der Waals surface area contributed by atoms with Gasteiger partial charge in [-0.15, -0.1) is 0 Å². The molecule has 0 aliphatic rings. The largest absolute Gasteiger partial charge is 0.337 e. The molecule has 0 aliphatic carbocycles. The van der Waals surface area contributed by atoms with Crippen molar-refractivity contribution in [3.8, 4) is 0 Å². The summed E-state index contributed by atoms with van der Waals surface area (Å²) >= 11 is 0. The summed E-state index contributed by atoms with van der Waals surface area (Å²) in [5.41, 5.74) is 2.47. The third-order valence-corrected chi connectivity index (χ3v) is 3.99. The van der Waals surface area contributed by atoms with E-state index >= 15 is 0 Å². The molecule has 2 unspecified atom stereocenters. The third kappa shape index (κ3) is 3.20. The van der Waals surface area contributed by atoms with Crippen molar-refractivity contribution in [3.63, 3.8) is 0 Å². The van der Waals surface area contributed by atoms with E-state index in [2.05, 4.69) is 98.4 Å². The number of anilines is 2. The first kappa shape index (κ1) is 14.6. The van der Waals surface area contributed by atoms with Crippen molar-refractivity contribution < 1.29 is 0 Å². The molecule has 2 heteroatoms. The molecule has 0 fully saturated rings. The Labute approximate surface area is 122 Å². The van der Waals surface area contributed by atoms with Crippen LogP contribution in [0.15, 0.2) is 60.7 Å². The molecule has 2 nitrogen and oxygen atoms in total. The van der Waals surface area contributed by atoms with Crippen LogP contribution in [0.3, 0.4) is 0 Å². The van der Waals surface area contributed by atoms with Gasteiger partial charge in [0.2, 0.25) is 0 Å². The zero-order valence-corrected chi connectivity index (χ0v) is 12.8. The maximum absolute atomic E-state index is 2.41. The van der Waals surface area contributed by atoms with Gasteiger partial charge in [0.05, 0.1) is 0 Å². The van der Waals surface area contributed by atoms with Crippen LogP contribution in [0, 0.1) is 0 Å². The molecule has 0 N–H and O–H groups in total. The van der Waals surface area contributed by atoms with Crippen molar-refractivity contribution in [1.82, 2.24) is 4.90 Å². The fourth-order valence-electron chi connectivity index (χ4n) is 2.44. The zero-order valence-electron chi connectivity index (χ0n) is 12.8. The van der Waals surface area contributed by atoms with Crippen LogP contribution >= 0.6 is 0 Å². The molecular weight excluding hydrogens is 244 g/mol. The summed E-state index contributed by atoms with van der Waals surface area (Å²) < 4.78 is 0. The van der Waals surface area contributed by atoms with Crippen LogP contribution in [-0.2, 0) is 0 Å². The molecule has 20 heavy (non-hydrogen) atoms. The van der Waals surface area contributed by atoms with Gasteiger partial charge >= 0.3 is 0 Å². The molecule has 2 rings (SSSR count). The molecule has 2 aromatic carbocycles. The number of para-hydroxylation sites is 2. The molecule has 0 aliphatic heterocycles. The molecule has 0 spiro atoms. The molecule has 0 amide bonds. The Morgan fingerprint density at radius 1 is 0.650 bits per heavy atom. The Hall–Kier alpha value is -1.80. The van der Waals surface area contributed by atoms with E-state index in [0.29, 0.717) is 12.1 Å². The van der Waals surface area contributed by atoms with Gasteiger partial charge < -0.3 is 9.80 Å². The van der Waals surface area contributed by atoms with Gasteiger partial charge in [-0.3, -0.25) is 0 Å². The predicted octanol–water partition coefficient (Wildman–Crippen LogP) is 4.16. The van der Waals surface area contributed by atoms with E-state index in [1.165, 1.54) is 11.4 Å². The molecule has 0 bridgehead atoms. The summed E-state index contributed by atoms with van der Waals surface area (Å²) in [5, 5.41) is 0. The Bertz CT molecular complexity index is 468. The van der Waals surface area contributed by atoms with Crippen LogP contribution < -0.4 is 4.90 Å². The van der Waals surface area contributed by atoms with Gasteiger partial charge in [0.15, 0.2) is 0 Å². The van der Waals surface area contributed by atoms with E-state index in [1.807, 2.05) is 0 Å². The highest BCUT2D eigenvalue weighted by molar-refractivity contribution is 5.64. The molecule has 0 aromatic heterocycles. The quantitative estimate of drug-likeness (QED) is 0.803. The van der Waals surface area contributed by atoms with Crippen molar-refractivity contribution in [2.75, 3.05) is 19.0 Å². The minimum atomic E-state index is 0.384. The summed E-state index contributed by atoms with van der Waals surface area (Å²) in [6.07, 6.45) is 0. The Morgan fingerprint density at radius 2 is 1.05 bits per heavy atom. The van der Waals surface area contributed by atoms with Gasteiger partial charge in [0, 0.05) is 23.5 Å². The number of rotatable bonds is 5. The average Bonchev–Trinajstić information content (AvgIpc) is 2.48.